The number of carbonyl (C=O) groups is 1. The normalized spacial score (nSPS) is 15.5. The van der Waals surface area contributed by atoms with E-state index in [-0.39, 0.29) is 11.8 Å². The van der Waals surface area contributed by atoms with Gasteiger partial charge in [-0.05, 0) is 25.0 Å². The molecule has 0 saturated heterocycles. The predicted molar refractivity (Wildman–Crippen MR) is 53.0 cm³/mol. The maximum absolute atomic E-state index is 11.5. The van der Waals surface area contributed by atoms with Gasteiger partial charge in [-0.2, -0.15) is 0 Å². The molecule has 0 aliphatic heterocycles. The fourth-order valence-corrected chi connectivity index (χ4v) is 1.61. The third-order valence-corrected chi connectivity index (χ3v) is 2.56. The van der Waals surface area contributed by atoms with E-state index < -0.39 is 0 Å². The molecule has 0 spiro atoms. The molecule has 1 aromatic heterocycles. The molecule has 1 aliphatic rings. The SMILES string of the molecule is O=C(CCl)N(Cc1ccco1)C1CC1. The summed E-state index contributed by atoms with van der Waals surface area (Å²) in [6.45, 7) is 0.545. The zero-order chi connectivity index (χ0) is 9.97. The van der Waals surface area contributed by atoms with Crippen molar-refractivity contribution in [3.8, 4) is 0 Å². The Hall–Kier alpha value is -0.960. The van der Waals surface area contributed by atoms with Gasteiger partial charge in [0.25, 0.3) is 0 Å². The topological polar surface area (TPSA) is 33.5 Å². The standard InChI is InChI=1S/C10H12ClNO2/c11-6-10(13)12(8-3-4-8)7-9-2-1-5-14-9/h1-2,5,8H,3-4,6-7H2. The third-order valence-electron chi connectivity index (χ3n) is 2.33. The molecule has 0 bridgehead atoms. The molecule has 1 amide bonds. The van der Waals surface area contributed by atoms with Crippen molar-refractivity contribution in [2.75, 3.05) is 5.88 Å². The summed E-state index contributed by atoms with van der Waals surface area (Å²) < 4.78 is 5.20. The Bertz CT molecular complexity index is 306. The van der Waals surface area contributed by atoms with Crippen molar-refractivity contribution < 1.29 is 9.21 Å². The molecule has 1 aliphatic carbocycles. The number of rotatable bonds is 4. The summed E-state index contributed by atoms with van der Waals surface area (Å²) in [5.74, 6) is 0.859. The van der Waals surface area contributed by atoms with Gasteiger partial charge in [0.1, 0.15) is 11.6 Å². The summed E-state index contributed by atoms with van der Waals surface area (Å²) >= 11 is 5.54. The van der Waals surface area contributed by atoms with Gasteiger partial charge < -0.3 is 9.32 Å². The van der Waals surface area contributed by atoms with E-state index in [0.29, 0.717) is 12.6 Å². The first-order valence-electron chi connectivity index (χ1n) is 4.69. The van der Waals surface area contributed by atoms with Crippen LogP contribution in [0.4, 0.5) is 0 Å². The minimum absolute atomic E-state index is 0.00873. The molecule has 1 aromatic rings. The number of hydrogen-bond acceptors (Lipinski definition) is 2. The van der Waals surface area contributed by atoms with Gasteiger partial charge in [-0.25, -0.2) is 0 Å². The van der Waals surface area contributed by atoms with E-state index in [9.17, 15) is 4.79 Å². The summed E-state index contributed by atoms with van der Waals surface area (Å²) in [4.78, 5) is 13.3. The average molecular weight is 214 g/mol. The first kappa shape index (κ1) is 9.59. The molecule has 0 aromatic carbocycles. The van der Waals surface area contributed by atoms with Crippen molar-refractivity contribution in [3.05, 3.63) is 24.2 Å². The molecule has 4 heteroatoms. The number of nitrogens with zero attached hydrogens (tertiary/aromatic N) is 1. The minimum Gasteiger partial charge on any atom is -0.467 e. The highest BCUT2D eigenvalue weighted by molar-refractivity contribution is 6.27. The minimum atomic E-state index is -0.00873. The van der Waals surface area contributed by atoms with Gasteiger partial charge in [-0.3, -0.25) is 4.79 Å². The highest BCUT2D eigenvalue weighted by Gasteiger charge is 2.32. The van der Waals surface area contributed by atoms with Crippen molar-refractivity contribution in [1.82, 2.24) is 4.90 Å². The quantitative estimate of drug-likeness (QED) is 0.717. The lowest BCUT2D eigenvalue weighted by Crippen LogP contribution is -2.33. The van der Waals surface area contributed by atoms with E-state index in [4.69, 9.17) is 16.0 Å². The Morgan fingerprint density at radius 2 is 2.43 bits per heavy atom. The van der Waals surface area contributed by atoms with E-state index in [1.165, 1.54) is 0 Å². The van der Waals surface area contributed by atoms with Gasteiger partial charge in [-0.1, -0.05) is 0 Å². The molecular formula is C10H12ClNO2. The molecule has 2 rings (SSSR count). The van der Waals surface area contributed by atoms with E-state index in [1.54, 1.807) is 11.2 Å². The molecule has 14 heavy (non-hydrogen) atoms. The van der Waals surface area contributed by atoms with Gasteiger partial charge in [-0.15, -0.1) is 11.6 Å². The van der Waals surface area contributed by atoms with E-state index in [1.807, 2.05) is 12.1 Å². The third kappa shape index (κ3) is 2.10. The van der Waals surface area contributed by atoms with Crippen LogP contribution >= 0.6 is 11.6 Å². The number of halogens is 1. The van der Waals surface area contributed by atoms with Crippen LogP contribution in [0.3, 0.4) is 0 Å². The van der Waals surface area contributed by atoms with Crippen LogP contribution in [-0.2, 0) is 11.3 Å². The van der Waals surface area contributed by atoms with Crippen LogP contribution in [0.5, 0.6) is 0 Å². The zero-order valence-corrected chi connectivity index (χ0v) is 8.54. The maximum atomic E-state index is 11.5. The number of furan rings is 1. The summed E-state index contributed by atoms with van der Waals surface area (Å²) in [6.07, 6.45) is 3.79. The fourth-order valence-electron chi connectivity index (χ4n) is 1.45. The zero-order valence-electron chi connectivity index (χ0n) is 7.78. The number of hydrogen-bond donors (Lipinski definition) is 0. The second-order valence-electron chi connectivity index (χ2n) is 3.47. The van der Waals surface area contributed by atoms with Gasteiger partial charge in [0, 0.05) is 6.04 Å². The summed E-state index contributed by atoms with van der Waals surface area (Å²) in [7, 11) is 0. The molecule has 3 nitrogen and oxygen atoms in total. The number of alkyl halides is 1. The molecule has 0 N–H and O–H groups in total. The number of amides is 1. The Morgan fingerprint density at radius 3 is 2.93 bits per heavy atom. The van der Waals surface area contributed by atoms with Crippen molar-refractivity contribution in [2.24, 2.45) is 0 Å². The van der Waals surface area contributed by atoms with Crippen molar-refractivity contribution in [2.45, 2.75) is 25.4 Å². The first-order valence-corrected chi connectivity index (χ1v) is 5.22. The monoisotopic (exact) mass is 213 g/mol. The lowest BCUT2D eigenvalue weighted by Gasteiger charge is -2.19. The van der Waals surface area contributed by atoms with Crippen LogP contribution in [-0.4, -0.2) is 22.7 Å². The maximum Gasteiger partial charge on any atom is 0.238 e. The predicted octanol–water partition coefficient (Wildman–Crippen LogP) is 2.01. The van der Waals surface area contributed by atoms with Crippen molar-refractivity contribution in [3.63, 3.8) is 0 Å². The molecule has 0 radical (unpaired) electrons. The van der Waals surface area contributed by atoms with Gasteiger partial charge in [0.2, 0.25) is 5.91 Å². The molecule has 0 unspecified atom stereocenters. The van der Waals surface area contributed by atoms with Crippen LogP contribution in [0, 0.1) is 0 Å². The van der Waals surface area contributed by atoms with Gasteiger partial charge >= 0.3 is 0 Å². The van der Waals surface area contributed by atoms with Crippen LogP contribution < -0.4 is 0 Å². The molecule has 76 valence electrons. The van der Waals surface area contributed by atoms with Crippen LogP contribution in [0.25, 0.3) is 0 Å². The molecule has 0 atom stereocenters. The average Bonchev–Trinajstić information content (AvgIpc) is 2.92. The molecular weight excluding hydrogens is 202 g/mol. The fraction of sp³-hybridized carbons (Fsp3) is 0.500. The van der Waals surface area contributed by atoms with E-state index in [2.05, 4.69) is 0 Å². The summed E-state index contributed by atoms with van der Waals surface area (Å²) in [5, 5.41) is 0. The lowest BCUT2D eigenvalue weighted by atomic mass is 10.3. The second-order valence-corrected chi connectivity index (χ2v) is 3.73. The summed E-state index contributed by atoms with van der Waals surface area (Å²) in [6, 6.07) is 4.08. The highest BCUT2D eigenvalue weighted by Crippen LogP contribution is 2.28. The van der Waals surface area contributed by atoms with E-state index in [0.717, 1.165) is 18.6 Å². The van der Waals surface area contributed by atoms with Crippen molar-refractivity contribution in [1.29, 1.82) is 0 Å². The largest absolute Gasteiger partial charge is 0.467 e. The molecule has 1 fully saturated rings. The van der Waals surface area contributed by atoms with Crippen LogP contribution in [0.1, 0.15) is 18.6 Å². The molecule has 1 heterocycles. The Morgan fingerprint density at radius 1 is 1.64 bits per heavy atom. The highest BCUT2D eigenvalue weighted by atomic mass is 35.5. The Labute approximate surface area is 87.6 Å². The number of carbonyl (C=O) groups excluding carboxylic acids is 1. The van der Waals surface area contributed by atoms with Crippen LogP contribution in [0.15, 0.2) is 22.8 Å². The van der Waals surface area contributed by atoms with Gasteiger partial charge in [0.05, 0.1) is 12.8 Å². The van der Waals surface area contributed by atoms with Crippen molar-refractivity contribution >= 4 is 17.5 Å². The smallest absolute Gasteiger partial charge is 0.238 e. The Kier molecular flexibility index (Phi) is 2.77. The molecule has 1 saturated carbocycles. The first-order chi connectivity index (χ1) is 6.81. The van der Waals surface area contributed by atoms with Gasteiger partial charge in [0.15, 0.2) is 0 Å². The summed E-state index contributed by atoms with van der Waals surface area (Å²) in [5.41, 5.74) is 0. The van der Waals surface area contributed by atoms with E-state index >= 15 is 0 Å². The Balaban J connectivity index is 2.00. The second kappa shape index (κ2) is 4.05. The lowest BCUT2D eigenvalue weighted by molar-refractivity contribution is -0.129. The van der Waals surface area contributed by atoms with Crippen LogP contribution in [0.2, 0.25) is 0 Å².